The summed E-state index contributed by atoms with van der Waals surface area (Å²) in [5.41, 5.74) is 6.88. The molecule has 0 aliphatic carbocycles. The number of carbonyl (C=O) groups is 1. The summed E-state index contributed by atoms with van der Waals surface area (Å²) in [6.07, 6.45) is 0. The number of nitrogens with zero attached hydrogens (tertiary/aromatic N) is 4. The summed E-state index contributed by atoms with van der Waals surface area (Å²) >= 11 is 5.87. The SMILES string of the molecule is N#Cc1c(N)c(C(=O)N2CCOCC2)nn1-c1ccc(Cl)cc1. The molecule has 1 aromatic heterocycles. The Bertz CT molecular complexity index is 772. The molecular formula is C15H14ClN5O2. The van der Waals surface area contributed by atoms with Gasteiger partial charge in [0.15, 0.2) is 11.4 Å². The van der Waals surface area contributed by atoms with Gasteiger partial charge in [-0.25, -0.2) is 4.68 Å². The molecule has 2 aromatic rings. The van der Waals surface area contributed by atoms with Crippen LogP contribution in [-0.4, -0.2) is 46.9 Å². The predicted molar refractivity (Wildman–Crippen MR) is 84.4 cm³/mol. The third kappa shape index (κ3) is 2.86. The summed E-state index contributed by atoms with van der Waals surface area (Å²) in [4.78, 5) is 14.2. The van der Waals surface area contributed by atoms with Gasteiger partial charge in [0.05, 0.1) is 18.9 Å². The normalized spacial score (nSPS) is 14.5. The van der Waals surface area contributed by atoms with Gasteiger partial charge in [-0.2, -0.15) is 10.4 Å². The number of morpholine rings is 1. The molecule has 2 N–H and O–H groups in total. The minimum atomic E-state index is -0.296. The van der Waals surface area contributed by atoms with Gasteiger partial charge in [-0.3, -0.25) is 4.79 Å². The number of carbonyl (C=O) groups excluding carboxylic acids is 1. The molecule has 1 aliphatic heterocycles. The number of anilines is 1. The molecule has 0 bridgehead atoms. The van der Waals surface area contributed by atoms with E-state index in [1.54, 1.807) is 29.2 Å². The van der Waals surface area contributed by atoms with Crippen molar-refractivity contribution in [3.8, 4) is 11.8 Å². The molecule has 7 nitrogen and oxygen atoms in total. The Hall–Kier alpha value is -2.56. The molecule has 0 atom stereocenters. The Morgan fingerprint density at radius 1 is 1.30 bits per heavy atom. The topological polar surface area (TPSA) is 97.2 Å². The number of halogens is 1. The van der Waals surface area contributed by atoms with Gasteiger partial charge >= 0.3 is 0 Å². The van der Waals surface area contributed by atoms with Gasteiger partial charge in [0.2, 0.25) is 0 Å². The van der Waals surface area contributed by atoms with Crippen molar-refractivity contribution in [2.75, 3.05) is 32.0 Å². The number of rotatable bonds is 2. The lowest BCUT2D eigenvalue weighted by Gasteiger charge is -2.26. The summed E-state index contributed by atoms with van der Waals surface area (Å²) in [5, 5.41) is 14.2. The molecule has 1 amide bonds. The average Bonchev–Trinajstić information content (AvgIpc) is 2.92. The first-order valence-electron chi connectivity index (χ1n) is 7.03. The molecule has 1 saturated heterocycles. The molecule has 1 aliphatic rings. The summed E-state index contributed by atoms with van der Waals surface area (Å²) in [5.74, 6) is -0.296. The van der Waals surface area contributed by atoms with Crippen LogP contribution < -0.4 is 5.73 Å². The van der Waals surface area contributed by atoms with Crippen molar-refractivity contribution in [2.24, 2.45) is 0 Å². The van der Waals surface area contributed by atoms with E-state index in [-0.39, 0.29) is 23.0 Å². The number of hydrogen-bond donors (Lipinski definition) is 1. The van der Waals surface area contributed by atoms with Gasteiger partial charge < -0.3 is 15.4 Å². The van der Waals surface area contributed by atoms with Crippen molar-refractivity contribution in [2.45, 2.75) is 0 Å². The van der Waals surface area contributed by atoms with E-state index < -0.39 is 0 Å². The van der Waals surface area contributed by atoms with E-state index in [9.17, 15) is 10.1 Å². The van der Waals surface area contributed by atoms with Crippen LogP contribution in [0.4, 0.5) is 5.69 Å². The molecule has 0 spiro atoms. The van der Waals surface area contributed by atoms with Crippen molar-refractivity contribution in [3.63, 3.8) is 0 Å². The first kappa shape index (κ1) is 15.3. The largest absolute Gasteiger partial charge is 0.394 e. The van der Waals surface area contributed by atoms with E-state index >= 15 is 0 Å². The van der Waals surface area contributed by atoms with Crippen LogP contribution in [0.2, 0.25) is 5.02 Å². The van der Waals surface area contributed by atoms with E-state index in [2.05, 4.69) is 5.10 Å². The third-order valence-corrected chi connectivity index (χ3v) is 3.85. The monoisotopic (exact) mass is 331 g/mol. The van der Waals surface area contributed by atoms with Crippen LogP contribution in [0.1, 0.15) is 16.2 Å². The zero-order valence-electron chi connectivity index (χ0n) is 12.2. The molecule has 0 unspecified atom stereocenters. The molecule has 23 heavy (non-hydrogen) atoms. The van der Waals surface area contributed by atoms with Crippen LogP contribution in [0.5, 0.6) is 0 Å². The van der Waals surface area contributed by atoms with E-state index in [1.807, 2.05) is 6.07 Å². The highest BCUT2D eigenvalue weighted by Crippen LogP contribution is 2.23. The molecule has 118 valence electrons. The summed E-state index contributed by atoms with van der Waals surface area (Å²) < 4.78 is 6.59. The van der Waals surface area contributed by atoms with Crippen molar-refractivity contribution in [1.29, 1.82) is 5.26 Å². The number of aromatic nitrogens is 2. The van der Waals surface area contributed by atoms with E-state index in [0.29, 0.717) is 37.0 Å². The fraction of sp³-hybridized carbons (Fsp3) is 0.267. The second kappa shape index (κ2) is 6.28. The maximum Gasteiger partial charge on any atom is 0.276 e. The lowest BCUT2D eigenvalue weighted by molar-refractivity contribution is 0.0299. The van der Waals surface area contributed by atoms with Gasteiger partial charge in [-0.1, -0.05) is 11.6 Å². The standard InChI is InChI=1S/C15H14ClN5O2/c16-10-1-3-11(4-2-10)21-12(9-17)13(18)14(19-21)15(22)20-5-7-23-8-6-20/h1-4H,5-8,18H2. The van der Waals surface area contributed by atoms with Crippen LogP contribution in [0.3, 0.4) is 0 Å². The predicted octanol–water partition coefficient (Wildman–Crippen LogP) is 1.45. The fourth-order valence-corrected chi connectivity index (χ4v) is 2.51. The molecular weight excluding hydrogens is 318 g/mol. The number of hydrogen-bond acceptors (Lipinski definition) is 5. The molecule has 8 heteroatoms. The highest BCUT2D eigenvalue weighted by molar-refractivity contribution is 6.30. The van der Waals surface area contributed by atoms with Crippen LogP contribution >= 0.6 is 11.6 Å². The van der Waals surface area contributed by atoms with Crippen molar-refractivity contribution in [1.82, 2.24) is 14.7 Å². The van der Waals surface area contributed by atoms with Crippen LogP contribution in [0.15, 0.2) is 24.3 Å². The van der Waals surface area contributed by atoms with E-state index in [1.165, 1.54) is 4.68 Å². The van der Waals surface area contributed by atoms with Crippen LogP contribution in [0.25, 0.3) is 5.69 Å². The van der Waals surface area contributed by atoms with Crippen LogP contribution in [-0.2, 0) is 4.74 Å². The first-order valence-corrected chi connectivity index (χ1v) is 7.41. The molecule has 1 aromatic carbocycles. The molecule has 1 fully saturated rings. The van der Waals surface area contributed by atoms with Crippen molar-refractivity contribution in [3.05, 3.63) is 40.7 Å². The zero-order valence-corrected chi connectivity index (χ0v) is 13.0. The highest BCUT2D eigenvalue weighted by atomic mass is 35.5. The number of amides is 1. The fourth-order valence-electron chi connectivity index (χ4n) is 2.38. The maximum atomic E-state index is 12.6. The Kier molecular flexibility index (Phi) is 4.19. The first-order chi connectivity index (χ1) is 11.1. The lowest BCUT2D eigenvalue weighted by atomic mass is 10.2. The van der Waals surface area contributed by atoms with Crippen LogP contribution in [0, 0.1) is 11.3 Å². The summed E-state index contributed by atoms with van der Waals surface area (Å²) in [7, 11) is 0. The Labute approximate surface area is 137 Å². The smallest absolute Gasteiger partial charge is 0.276 e. The number of benzene rings is 1. The minimum absolute atomic E-state index is 0.0819. The van der Waals surface area contributed by atoms with E-state index in [4.69, 9.17) is 22.1 Å². The van der Waals surface area contributed by atoms with Gasteiger partial charge in [0.25, 0.3) is 5.91 Å². The second-order valence-electron chi connectivity index (χ2n) is 5.02. The van der Waals surface area contributed by atoms with Gasteiger partial charge in [-0.15, -0.1) is 0 Å². The van der Waals surface area contributed by atoms with Gasteiger partial charge in [0, 0.05) is 18.1 Å². The number of nitrogen functional groups attached to an aromatic ring is 1. The van der Waals surface area contributed by atoms with Crippen molar-refractivity contribution < 1.29 is 9.53 Å². The quantitative estimate of drug-likeness (QED) is 0.898. The average molecular weight is 332 g/mol. The third-order valence-electron chi connectivity index (χ3n) is 3.60. The molecule has 3 rings (SSSR count). The number of nitrogens with two attached hydrogens (primary N) is 1. The Morgan fingerprint density at radius 2 is 1.96 bits per heavy atom. The van der Waals surface area contributed by atoms with E-state index in [0.717, 1.165) is 0 Å². The van der Waals surface area contributed by atoms with Gasteiger partial charge in [-0.05, 0) is 24.3 Å². The van der Waals surface area contributed by atoms with Gasteiger partial charge in [0.1, 0.15) is 11.8 Å². The Balaban J connectivity index is 2.01. The maximum absolute atomic E-state index is 12.6. The lowest BCUT2D eigenvalue weighted by Crippen LogP contribution is -2.41. The second-order valence-corrected chi connectivity index (χ2v) is 5.45. The zero-order chi connectivity index (χ0) is 16.4. The molecule has 2 heterocycles. The highest BCUT2D eigenvalue weighted by Gasteiger charge is 2.27. The number of ether oxygens (including phenoxy) is 1. The van der Waals surface area contributed by atoms with Crippen molar-refractivity contribution >= 4 is 23.2 Å². The molecule has 0 saturated carbocycles. The minimum Gasteiger partial charge on any atom is -0.394 e. The summed E-state index contributed by atoms with van der Waals surface area (Å²) in [6.45, 7) is 1.92. The summed E-state index contributed by atoms with van der Waals surface area (Å²) in [6, 6.07) is 8.78. The number of nitriles is 1. The Morgan fingerprint density at radius 3 is 2.57 bits per heavy atom. The molecule has 0 radical (unpaired) electrons.